The Balaban J connectivity index is 4.46. The molecule has 0 saturated carbocycles. The van der Waals surface area contributed by atoms with Gasteiger partial charge in [0.25, 0.3) is 7.82 Å². The number of nitrogens with one attached hydrogen (secondary N) is 1. The predicted molar refractivity (Wildman–Crippen MR) is 205 cm³/mol. The lowest BCUT2D eigenvalue weighted by Crippen LogP contribution is -2.46. The van der Waals surface area contributed by atoms with Crippen LogP contribution >= 0.6 is 7.82 Å². The van der Waals surface area contributed by atoms with Crippen LogP contribution in [-0.2, 0) is 18.4 Å². The van der Waals surface area contributed by atoms with E-state index in [4.69, 9.17) is 9.05 Å². The average molecular weight is 715 g/mol. The lowest BCUT2D eigenvalue weighted by molar-refractivity contribution is -0.870. The van der Waals surface area contributed by atoms with Crippen LogP contribution < -0.4 is 10.2 Å². The van der Waals surface area contributed by atoms with Gasteiger partial charge in [0.2, 0.25) is 5.91 Å². The van der Waals surface area contributed by atoms with Crippen LogP contribution in [0.5, 0.6) is 0 Å². The summed E-state index contributed by atoms with van der Waals surface area (Å²) in [5.74, 6) is -0.181. The zero-order chi connectivity index (χ0) is 36.5. The van der Waals surface area contributed by atoms with E-state index in [-0.39, 0.29) is 19.1 Å². The number of phosphoric acid groups is 1. The number of hydrogen-bond donors (Lipinski definition) is 2. The van der Waals surface area contributed by atoms with Gasteiger partial charge < -0.3 is 28.8 Å². The Kier molecular flexibility index (Phi) is 32.2. The molecule has 0 aromatic rings. The smallest absolute Gasteiger partial charge is 0.268 e. The van der Waals surface area contributed by atoms with Gasteiger partial charge in [-0.1, -0.05) is 154 Å². The first-order valence-corrected chi connectivity index (χ1v) is 21.6. The molecule has 3 atom stereocenters. The molecule has 9 heteroatoms. The third kappa shape index (κ3) is 35.2. The highest BCUT2D eigenvalue weighted by Gasteiger charge is 2.24. The number of aliphatic hydroxyl groups is 1. The van der Waals surface area contributed by atoms with Crippen LogP contribution in [0.2, 0.25) is 0 Å². The minimum atomic E-state index is -4.56. The third-order valence-corrected chi connectivity index (χ3v) is 9.89. The van der Waals surface area contributed by atoms with Gasteiger partial charge in [0, 0.05) is 6.42 Å². The summed E-state index contributed by atoms with van der Waals surface area (Å²) < 4.78 is 23.2. The fourth-order valence-electron chi connectivity index (χ4n) is 5.66. The predicted octanol–water partition coefficient (Wildman–Crippen LogP) is 9.94. The molecule has 0 fully saturated rings. The Hall–Kier alpha value is -1.02. The first kappa shape index (κ1) is 48.0. The largest absolute Gasteiger partial charge is 0.756 e. The molecule has 2 N–H and O–H groups in total. The zero-order valence-electron chi connectivity index (χ0n) is 32.6. The summed E-state index contributed by atoms with van der Waals surface area (Å²) in [5.41, 5.74) is 0. The number of carbonyl (C=O) groups excluding carboxylic acids is 1. The van der Waals surface area contributed by atoms with Crippen LogP contribution in [0.25, 0.3) is 0 Å². The fourth-order valence-corrected chi connectivity index (χ4v) is 6.39. The Labute approximate surface area is 303 Å². The topological polar surface area (TPSA) is 108 Å². The van der Waals surface area contributed by atoms with Gasteiger partial charge >= 0.3 is 0 Å². The number of carbonyl (C=O) groups is 1. The number of allylic oxidation sites excluding steroid dienone is 4. The van der Waals surface area contributed by atoms with E-state index in [0.29, 0.717) is 23.9 Å². The number of quaternary nitrogens is 1. The van der Waals surface area contributed by atoms with Gasteiger partial charge in [-0.2, -0.15) is 0 Å². The first-order chi connectivity index (χ1) is 23.5. The summed E-state index contributed by atoms with van der Waals surface area (Å²) in [4.78, 5) is 25.2. The molecule has 1 amide bonds. The third-order valence-electron chi connectivity index (χ3n) is 8.92. The molecule has 0 rings (SSSR count). The van der Waals surface area contributed by atoms with Crippen molar-refractivity contribution in [2.75, 3.05) is 40.9 Å². The molecule has 0 spiro atoms. The second-order valence-electron chi connectivity index (χ2n) is 15.0. The normalized spacial score (nSPS) is 14.8. The molecule has 0 aliphatic carbocycles. The molecular formula is C40H79N2O6P. The lowest BCUT2D eigenvalue weighted by atomic mass is 10.0. The minimum Gasteiger partial charge on any atom is -0.756 e. The second-order valence-corrected chi connectivity index (χ2v) is 16.4. The summed E-state index contributed by atoms with van der Waals surface area (Å²) in [5, 5.41) is 13.8. The highest BCUT2D eigenvalue weighted by Crippen LogP contribution is 2.38. The van der Waals surface area contributed by atoms with Crippen LogP contribution in [0, 0.1) is 0 Å². The number of nitrogens with zero attached hydrogens (tertiary/aromatic N) is 1. The Bertz CT molecular complexity index is 860. The Morgan fingerprint density at radius 1 is 0.714 bits per heavy atom. The summed E-state index contributed by atoms with van der Waals surface area (Å²) in [7, 11) is 1.29. The van der Waals surface area contributed by atoms with Crippen LogP contribution in [0.3, 0.4) is 0 Å². The number of likely N-dealkylation sites (N-methyl/N-ethyl adjacent to an activating group) is 1. The van der Waals surface area contributed by atoms with Gasteiger partial charge in [-0.15, -0.1) is 0 Å². The molecular weight excluding hydrogens is 635 g/mol. The maximum atomic E-state index is 12.8. The number of amides is 1. The van der Waals surface area contributed by atoms with Crippen LogP contribution in [0.1, 0.15) is 174 Å². The van der Waals surface area contributed by atoms with E-state index in [2.05, 4.69) is 43.5 Å². The van der Waals surface area contributed by atoms with E-state index in [9.17, 15) is 19.4 Å². The molecule has 0 bridgehead atoms. The number of aliphatic hydroxyl groups excluding tert-OH is 1. The molecule has 290 valence electrons. The van der Waals surface area contributed by atoms with E-state index in [1.807, 2.05) is 21.1 Å². The quantitative estimate of drug-likeness (QED) is 0.0290. The standard InChI is InChI=1S/C40H79N2O6P/c1-6-8-10-12-14-16-18-20-22-23-25-27-29-31-33-39(43)38(37-48-49(45,46)47-36-35-42(3,4)5)41-40(44)34-32-30-28-26-24-21-19-17-15-13-11-9-7-2/h11,13,17,19,38-39,43H,6-10,12,14-16,18,20-37H2,1-5H3,(H-,41,44,45,46)/b13-11-,19-17-. The van der Waals surface area contributed by atoms with E-state index in [0.717, 1.165) is 70.6 Å². The molecule has 3 unspecified atom stereocenters. The monoisotopic (exact) mass is 715 g/mol. The molecule has 0 saturated heterocycles. The molecule has 0 aliphatic rings. The number of unbranched alkanes of at least 4 members (excludes halogenated alkanes) is 19. The lowest BCUT2D eigenvalue weighted by Gasteiger charge is -2.30. The van der Waals surface area contributed by atoms with Gasteiger partial charge in [-0.3, -0.25) is 9.36 Å². The van der Waals surface area contributed by atoms with Gasteiger partial charge in [0.05, 0.1) is 39.9 Å². The second kappa shape index (κ2) is 32.9. The van der Waals surface area contributed by atoms with Crippen molar-refractivity contribution in [3.8, 4) is 0 Å². The Morgan fingerprint density at radius 3 is 1.78 bits per heavy atom. The van der Waals surface area contributed by atoms with Crippen molar-refractivity contribution in [3.63, 3.8) is 0 Å². The van der Waals surface area contributed by atoms with Crippen LogP contribution in [-0.4, -0.2) is 68.5 Å². The molecule has 0 aromatic heterocycles. The minimum absolute atomic E-state index is 0.00951. The van der Waals surface area contributed by atoms with E-state index >= 15 is 0 Å². The van der Waals surface area contributed by atoms with Crippen LogP contribution in [0.4, 0.5) is 0 Å². The molecule has 0 heterocycles. The molecule has 0 aliphatic heterocycles. The van der Waals surface area contributed by atoms with E-state index in [1.54, 1.807) is 0 Å². The van der Waals surface area contributed by atoms with Crippen molar-refractivity contribution < 1.29 is 32.9 Å². The maximum Gasteiger partial charge on any atom is 0.268 e. The molecule has 0 radical (unpaired) electrons. The van der Waals surface area contributed by atoms with Crippen molar-refractivity contribution in [1.29, 1.82) is 0 Å². The van der Waals surface area contributed by atoms with Crippen molar-refractivity contribution in [2.45, 2.75) is 187 Å². The van der Waals surface area contributed by atoms with Crippen molar-refractivity contribution in [3.05, 3.63) is 24.3 Å². The molecule has 8 nitrogen and oxygen atoms in total. The Morgan fingerprint density at radius 2 is 1.22 bits per heavy atom. The highest BCUT2D eigenvalue weighted by molar-refractivity contribution is 7.45. The first-order valence-electron chi connectivity index (χ1n) is 20.2. The van der Waals surface area contributed by atoms with Crippen LogP contribution in [0.15, 0.2) is 24.3 Å². The van der Waals surface area contributed by atoms with Gasteiger partial charge in [-0.05, 0) is 38.5 Å². The maximum absolute atomic E-state index is 12.8. The van der Waals surface area contributed by atoms with Gasteiger partial charge in [-0.25, -0.2) is 0 Å². The molecule has 0 aromatic carbocycles. The zero-order valence-corrected chi connectivity index (χ0v) is 33.5. The van der Waals surface area contributed by atoms with Crippen molar-refractivity contribution in [2.24, 2.45) is 0 Å². The molecule has 49 heavy (non-hydrogen) atoms. The van der Waals surface area contributed by atoms with Crippen molar-refractivity contribution >= 4 is 13.7 Å². The average Bonchev–Trinajstić information content (AvgIpc) is 3.04. The number of rotatable bonds is 36. The SMILES string of the molecule is CCC/C=C\C/C=C\CCCCCCCC(=O)NC(COP(=O)([O-])OCC[N+](C)(C)C)C(O)CCCCCCCCCCCCCCCC. The van der Waals surface area contributed by atoms with E-state index < -0.39 is 20.0 Å². The van der Waals surface area contributed by atoms with Crippen molar-refractivity contribution in [1.82, 2.24) is 5.32 Å². The highest BCUT2D eigenvalue weighted by atomic mass is 31.2. The summed E-state index contributed by atoms with van der Waals surface area (Å²) in [6.07, 6.45) is 36.0. The van der Waals surface area contributed by atoms with Gasteiger partial charge in [0.15, 0.2) is 0 Å². The fraction of sp³-hybridized carbons (Fsp3) is 0.875. The number of hydrogen-bond acceptors (Lipinski definition) is 6. The number of phosphoric ester groups is 1. The van der Waals surface area contributed by atoms with Gasteiger partial charge in [0.1, 0.15) is 13.2 Å². The summed E-state index contributed by atoms with van der Waals surface area (Å²) >= 11 is 0. The summed E-state index contributed by atoms with van der Waals surface area (Å²) in [6, 6.07) is -0.803. The van der Waals surface area contributed by atoms with E-state index in [1.165, 1.54) is 77.0 Å². The summed E-state index contributed by atoms with van der Waals surface area (Å²) in [6.45, 7) is 4.63.